The van der Waals surface area contributed by atoms with Crippen molar-refractivity contribution in [3.8, 4) is 23.0 Å². The Morgan fingerprint density at radius 1 is 1.19 bits per heavy atom. The number of ether oxygens (including phenoxy) is 4. The molecule has 0 unspecified atom stereocenters. The van der Waals surface area contributed by atoms with Gasteiger partial charge in [-0.1, -0.05) is 11.6 Å². The van der Waals surface area contributed by atoms with Crippen LogP contribution in [0.2, 0.25) is 5.02 Å². The Morgan fingerprint density at radius 2 is 2.00 bits per heavy atom. The number of carbonyl (C=O) groups excluding carboxylic acids is 2. The van der Waals surface area contributed by atoms with Crippen LogP contribution in [0, 0.1) is 5.92 Å². The molecular formula is C19H16ClNO6. The van der Waals surface area contributed by atoms with E-state index in [1.54, 1.807) is 36.4 Å². The van der Waals surface area contributed by atoms with Gasteiger partial charge in [-0.25, -0.2) is 0 Å². The summed E-state index contributed by atoms with van der Waals surface area (Å²) in [5, 5.41) is 0.477. The molecule has 2 aliphatic rings. The van der Waals surface area contributed by atoms with Gasteiger partial charge in [0.1, 0.15) is 11.5 Å². The molecule has 0 bridgehead atoms. The average Bonchev–Trinajstić information content (AvgIpc) is 3.27. The smallest absolute Gasteiger partial charge is 0.316 e. The highest BCUT2D eigenvalue weighted by Gasteiger charge is 2.37. The minimum Gasteiger partial charge on any atom is -0.495 e. The molecule has 7 nitrogen and oxygen atoms in total. The molecule has 1 amide bonds. The van der Waals surface area contributed by atoms with Crippen molar-refractivity contribution in [1.82, 2.24) is 0 Å². The SMILES string of the molecule is COc1ccc(Cl)cc1N1C[C@H](C(=O)Oc2ccc3c(c2)OCO3)CC1=O. The van der Waals surface area contributed by atoms with E-state index in [-0.39, 0.29) is 25.7 Å². The fourth-order valence-corrected chi connectivity index (χ4v) is 3.28. The van der Waals surface area contributed by atoms with E-state index in [4.69, 9.17) is 30.5 Å². The van der Waals surface area contributed by atoms with Crippen LogP contribution < -0.4 is 23.8 Å². The summed E-state index contributed by atoms with van der Waals surface area (Å²) in [6.07, 6.45) is 0.0546. The van der Waals surface area contributed by atoms with Gasteiger partial charge in [0.05, 0.1) is 18.7 Å². The number of rotatable bonds is 4. The van der Waals surface area contributed by atoms with Gasteiger partial charge in [-0.05, 0) is 30.3 Å². The predicted molar refractivity (Wildman–Crippen MR) is 96.7 cm³/mol. The Morgan fingerprint density at radius 3 is 2.81 bits per heavy atom. The van der Waals surface area contributed by atoms with Gasteiger partial charge in [0.2, 0.25) is 12.7 Å². The molecule has 0 spiro atoms. The third-order valence-electron chi connectivity index (χ3n) is 4.45. The molecule has 2 aromatic rings. The number of esters is 1. The fraction of sp³-hybridized carbons (Fsp3) is 0.263. The summed E-state index contributed by atoms with van der Waals surface area (Å²) in [5.41, 5.74) is 0.536. The monoisotopic (exact) mass is 389 g/mol. The van der Waals surface area contributed by atoms with Crippen LogP contribution in [0.25, 0.3) is 0 Å². The summed E-state index contributed by atoms with van der Waals surface area (Å²) in [7, 11) is 1.51. The molecule has 4 rings (SSSR count). The standard InChI is InChI=1S/C19H16ClNO6/c1-24-15-4-2-12(20)7-14(15)21-9-11(6-18(21)22)19(23)27-13-3-5-16-17(8-13)26-10-25-16/h2-5,7-8,11H,6,9-10H2,1H3/t11-/m1/s1. The summed E-state index contributed by atoms with van der Waals surface area (Å²) in [4.78, 5) is 26.5. The van der Waals surface area contributed by atoms with Crippen molar-refractivity contribution in [3.05, 3.63) is 41.4 Å². The first-order chi connectivity index (χ1) is 13.0. The van der Waals surface area contributed by atoms with Crippen LogP contribution in [0.5, 0.6) is 23.0 Å². The van der Waals surface area contributed by atoms with E-state index in [1.165, 1.54) is 12.0 Å². The number of hydrogen-bond donors (Lipinski definition) is 0. The molecule has 27 heavy (non-hydrogen) atoms. The fourth-order valence-electron chi connectivity index (χ4n) is 3.11. The van der Waals surface area contributed by atoms with Crippen molar-refractivity contribution in [3.63, 3.8) is 0 Å². The summed E-state index contributed by atoms with van der Waals surface area (Å²) in [6, 6.07) is 9.89. The number of benzene rings is 2. The molecule has 0 saturated carbocycles. The number of amides is 1. The lowest BCUT2D eigenvalue weighted by atomic mass is 10.1. The number of carbonyl (C=O) groups is 2. The van der Waals surface area contributed by atoms with Crippen molar-refractivity contribution >= 4 is 29.2 Å². The topological polar surface area (TPSA) is 74.3 Å². The van der Waals surface area contributed by atoms with E-state index >= 15 is 0 Å². The van der Waals surface area contributed by atoms with Crippen LogP contribution >= 0.6 is 11.6 Å². The highest BCUT2D eigenvalue weighted by molar-refractivity contribution is 6.31. The van der Waals surface area contributed by atoms with Crippen molar-refractivity contribution in [1.29, 1.82) is 0 Å². The zero-order valence-electron chi connectivity index (χ0n) is 14.4. The molecule has 1 fully saturated rings. The molecule has 0 N–H and O–H groups in total. The Labute approximate surface area is 160 Å². The van der Waals surface area contributed by atoms with Gasteiger partial charge in [-0.15, -0.1) is 0 Å². The van der Waals surface area contributed by atoms with Crippen LogP contribution in [0.15, 0.2) is 36.4 Å². The van der Waals surface area contributed by atoms with E-state index in [9.17, 15) is 9.59 Å². The Bertz CT molecular complexity index is 915. The summed E-state index contributed by atoms with van der Waals surface area (Å²) in [6.45, 7) is 0.333. The number of halogens is 1. The first-order valence-corrected chi connectivity index (χ1v) is 8.68. The van der Waals surface area contributed by atoms with Crippen LogP contribution in [-0.4, -0.2) is 32.3 Å². The van der Waals surface area contributed by atoms with Gasteiger partial charge in [0.15, 0.2) is 11.5 Å². The number of anilines is 1. The van der Waals surface area contributed by atoms with Gasteiger partial charge in [-0.3, -0.25) is 9.59 Å². The second-order valence-electron chi connectivity index (χ2n) is 6.16. The lowest BCUT2D eigenvalue weighted by Gasteiger charge is -2.19. The maximum atomic E-state index is 12.5. The van der Waals surface area contributed by atoms with Crippen molar-refractivity contribution in [2.45, 2.75) is 6.42 Å². The highest BCUT2D eigenvalue weighted by atomic mass is 35.5. The first-order valence-electron chi connectivity index (χ1n) is 8.30. The molecule has 2 heterocycles. The third kappa shape index (κ3) is 3.38. The molecule has 140 valence electrons. The Balaban J connectivity index is 1.49. The van der Waals surface area contributed by atoms with Crippen LogP contribution in [0.3, 0.4) is 0 Å². The van der Waals surface area contributed by atoms with Gasteiger partial charge in [0, 0.05) is 24.1 Å². The maximum Gasteiger partial charge on any atom is 0.316 e. The number of hydrogen-bond acceptors (Lipinski definition) is 6. The summed E-state index contributed by atoms with van der Waals surface area (Å²) < 4.78 is 21.2. The largest absolute Gasteiger partial charge is 0.495 e. The molecular weight excluding hydrogens is 374 g/mol. The van der Waals surface area contributed by atoms with E-state index in [0.717, 1.165) is 0 Å². The van der Waals surface area contributed by atoms with Crippen LogP contribution in [-0.2, 0) is 9.59 Å². The molecule has 0 aliphatic carbocycles. The van der Waals surface area contributed by atoms with E-state index in [1.807, 2.05) is 0 Å². The second-order valence-corrected chi connectivity index (χ2v) is 6.59. The quantitative estimate of drug-likeness (QED) is 0.591. The van der Waals surface area contributed by atoms with Crippen molar-refractivity contribution < 1.29 is 28.5 Å². The molecule has 0 radical (unpaired) electrons. The van der Waals surface area contributed by atoms with Gasteiger partial charge in [-0.2, -0.15) is 0 Å². The molecule has 1 atom stereocenters. The first kappa shape index (κ1) is 17.5. The zero-order chi connectivity index (χ0) is 19.0. The van der Waals surface area contributed by atoms with Crippen LogP contribution in [0.4, 0.5) is 5.69 Å². The van der Waals surface area contributed by atoms with E-state index < -0.39 is 11.9 Å². The average molecular weight is 390 g/mol. The molecule has 8 heteroatoms. The maximum absolute atomic E-state index is 12.5. The molecule has 2 aromatic carbocycles. The van der Waals surface area contributed by atoms with Crippen LogP contribution in [0.1, 0.15) is 6.42 Å². The van der Waals surface area contributed by atoms with Crippen molar-refractivity contribution in [2.24, 2.45) is 5.92 Å². The summed E-state index contributed by atoms with van der Waals surface area (Å²) in [5.74, 6) is 0.715. The van der Waals surface area contributed by atoms with Gasteiger partial charge in [0.25, 0.3) is 0 Å². The minimum absolute atomic E-state index is 0.0546. The lowest BCUT2D eigenvalue weighted by molar-refractivity contribution is -0.139. The minimum atomic E-state index is -0.591. The predicted octanol–water partition coefficient (Wildman–Crippen LogP) is 3.04. The summed E-state index contributed by atoms with van der Waals surface area (Å²) >= 11 is 6.05. The number of nitrogens with zero attached hydrogens (tertiary/aromatic N) is 1. The molecule has 1 saturated heterocycles. The third-order valence-corrected chi connectivity index (χ3v) is 4.69. The van der Waals surface area contributed by atoms with E-state index in [0.29, 0.717) is 33.7 Å². The van der Waals surface area contributed by atoms with Gasteiger partial charge >= 0.3 is 5.97 Å². The normalized spacial score (nSPS) is 17.9. The van der Waals surface area contributed by atoms with Crippen molar-refractivity contribution in [2.75, 3.05) is 25.3 Å². The zero-order valence-corrected chi connectivity index (χ0v) is 15.2. The second kappa shape index (κ2) is 7.00. The number of methoxy groups -OCH3 is 1. The van der Waals surface area contributed by atoms with E-state index in [2.05, 4.69) is 0 Å². The van der Waals surface area contributed by atoms with Gasteiger partial charge < -0.3 is 23.8 Å². The molecule has 2 aliphatic heterocycles. The Kier molecular flexibility index (Phi) is 4.53. The molecule has 0 aromatic heterocycles. The Hall–Kier alpha value is -2.93. The highest BCUT2D eigenvalue weighted by Crippen LogP contribution is 2.37. The lowest BCUT2D eigenvalue weighted by Crippen LogP contribution is -2.27. The number of fused-ring (bicyclic) bond motifs is 1.